The van der Waals surface area contributed by atoms with Crippen LogP contribution in [0.2, 0.25) is 0 Å². The van der Waals surface area contributed by atoms with Crippen LogP contribution in [-0.4, -0.2) is 10.9 Å². The van der Waals surface area contributed by atoms with Crippen LogP contribution in [0.3, 0.4) is 0 Å². The molecule has 0 atom stereocenters. The SMILES string of the molecule is C=Cc1ccc(C=CCCSC(C)=O)cc1. The first-order chi connectivity index (χ1) is 7.72. The van der Waals surface area contributed by atoms with E-state index >= 15 is 0 Å². The van der Waals surface area contributed by atoms with Gasteiger partial charge in [-0.15, -0.1) is 0 Å². The van der Waals surface area contributed by atoms with Crippen molar-refractivity contribution < 1.29 is 4.79 Å². The summed E-state index contributed by atoms with van der Waals surface area (Å²) in [5.74, 6) is 0.858. The lowest BCUT2D eigenvalue weighted by Gasteiger charge is -1.95. The number of benzene rings is 1. The summed E-state index contributed by atoms with van der Waals surface area (Å²) in [6, 6.07) is 8.20. The van der Waals surface area contributed by atoms with E-state index in [4.69, 9.17) is 0 Å². The van der Waals surface area contributed by atoms with Crippen LogP contribution < -0.4 is 0 Å². The van der Waals surface area contributed by atoms with Gasteiger partial charge in [0.2, 0.25) is 0 Å². The van der Waals surface area contributed by atoms with Crippen molar-refractivity contribution in [1.82, 2.24) is 0 Å². The highest BCUT2D eigenvalue weighted by Gasteiger charge is 1.91. The molecule has 0 N–H and O–H groups in total. The molecule has 1 rings (SSSR count). The van der Waals surface area contributed by atoms with Crippen molar-refractivity contribution in [2.45, 2.75) is 13.3 Å². The maximum Gasteiger partial charge on any atom is 0.185 e. The summed E-state index contributed by atoms with van der Waals surface area (Å²) in [6.07, 6.45) is 6.93. The Hall–Kier alpha value is -1.28. The standard InChI is InChI=1S/C14H16OS/c1-3-13-7-9-14(10-8-13)6-4-5-11-16-12(2)15/h3-4,6-10H,1,5,11H2,2H3. The van der Waals surface area contributed by atoms with Gasteiger partial charge in [0, 0.05) is 12.7 Å². The Morgan fingerprint density at radius 2 is 1.94 bits per heavy atom. The summed E-state index contributed by atoms with van der Waals surface area (Å²) in [4.78, 5) is 10.7. The lowest BCUT2D eigenvalue weighted by molar-refractivity contribution is -0.109. The van der Waals surface area contributed by atoms with Crippen molar-refractivity contribution in [3.05, 3.63) is 48.0 Å². The molecule has 1 aromatic rings. The average molecular weight is 232 g/mol. The van der Waals surface area contributed by atoms with Gasteiger partial charge in [0.15, 0.2) is 5.12 Å². The lowest BCUT2D eigenvalue weighted by Crippen LogP contribution is -1.83. The number of carbonyl (C=O) groups is 1. The van der Waals surface area contributed by atoms with E-state index in [9.17, 15) is 4.79 Å². The van der Waals surface area contributed by atoms with Gasteiger partial charge in [-0.05, 0) is 17.5 Å². The fourth-order valence-electron chi connectivity index (χ4n) is 1.23. The zero-order valence-electron chi connectivity index (χ0n) is 9.48. The highest BCUT2D eigenvalue weighted by atomic mass is 32.2. The molecule has 0 unspecified atom stereocenters. The van der Waals surface area contributed by atoms with Crippen molar-refractivity contribution in [3.8, 4) is 0 Å². The first kappa shape index (κ1) is 12.8. The number of hydrogen-bond acceptors (Lipinski definition) is 2. The fourth-order valence-corrected chi connectivity index (χ4v) is 1.77. The number of thioether (sulfide) groups is 1. The van der Waals surface area contributed by atoms with Crippen LogP contribution in [-0.2, 0) is 4.79 Å². The van der Waals surface area contributed by atoms with Gasteiger partial charge in [0.1, 0.15) is 0 Å². The Kier molecular flexibility index (Phi) is 5.65. The van der Waals surface area contributed by atoms with Gasteiger partial charge < -0.3 is 0 Å². The second-order valence-electron chi connectivity index (χ2n) is 3.40. The average Bonchev–Trinajstić information content (AvgIpc) is 2.29. The van der Waals surface area contributed by atoms with Crippen LogP contribution >= 0.6 is 11.8 Å². The van der Waals surface area contributed by atoms with Gasteiger partial charge in [-0.25, -0.2) is 0 Å². The minimum Gasteiger partial charge on any atom is -0.288 e. The van der Waals surface area contributed by atoms with Crippen LogP contribution in [0.4, 0.5) is 0 Å². The Balaban J connectivity index is 2.37. The van der Waals surface area contributed by atoms with E-state index in [-0.39, 0.29) is 5.12 Å². The molecule has 1 nitrogen and oxygen atoms in total. The second-order valence-corrected chi connectivity index (χ2v) is 4.67. The molecule has 0 bridgehead atoms. The molecule has 0 saturated carbocycles. The largest absolute Gasteiger partial charge is 0.288 e. The van der Waals surface area contributed by atoms with E-state index in [1.165, 1.54) is 17.3 Å². The Labute approximate surface area is 101 Å². The van der Waals surface area contributed by atoms with Gasteiger partial charge in [-0.3, -0.25) is 4.79 Å². The van der Waals surface area contributed by atoms with Gasteiger partial charge in [-0.1, -0.05) is 60.8 Å². The van der Waals surface area contributed by atoms with E-state index in [0.717, 1.165) is 17.7 Å². The maximum atomic E-state index is 10.7. The molecule has 0 fully saturated rings. The molecule has 0 heterocycles. The fraction of sp³-hybridized carbons (Fsp3) is 0.214. The smallest absolute Gasteiger partial charge is 0.185 e. The molecule has 0 saturated heterocycles. The van der Waals surface area contributed by atoms with Crippen molar-refractivity contribution >= 4 is 29.0 Å². The van der Waals surface area contributed by atoms with Crippen LogP contribution in [0, 0.1) is 0 Å². The Morgan fingerprint density at radius 3 is 2.50 bits per heavy atom. The lowest BCUT2D eigenvalue weighted by atomic mass is 10.1. The van der Waals surface area contributed by atoms with Gasteiger partial charge >= 0.3 is 0 Å². The van der Waals surface area contributed by atoms with Gasteiger partial charge in [0.25, 0.3) is 0 Å². The van der Waals surface area contributed by atoms with Crippen molar-refractivity contribution in [3.63, 3.8) is 0 Å². The number of rotatable bonds is 5. The topological polar surface area (TPSA) is 17.1 Å². The molecule has 0 aliphatic heterocycles. The predicted octanol–water partition coefficient (Wildman–Crippen LogP) is 4.01. The summed E-state index contributed by atoms with van der Waals surface area (Å²) in [6.45, 7) is 5.31. The molecular weight excluding hydrogens is 216 g/mol. The maximum absolute atomic E-state index is 10.7. The molecule has 0 amide bonds. The third kappa shape index (κ3) is 4.99. The molecule has 0 spiro atoms. The molecule has 0 aliphatic rings. The van der Waals surface area contributed by atoms with Gasteiger partial charge in [-0.2, -0.15) is 0 Å². The summed E-state index contributed by atoms with van der Waals surface area (Å²) >= 11 is 1.37. The zero-order chi connectivity index (χ0) is 11.8. The Bertz CT molecular complexity index is 376. The van der Waals surface area contributed by atoms with E-state index in [1.807, 2.05) is 18.2 Å². The number of carbonyl (C=O) groups excluding carboxylic acids is 1. The van der Waals surface area contributed by atoms with E-state index in [0.29, 0.717) is 0 Å². The minimum atomic E-state index is 0.184. The van der Waals surface area contributed by atoms with E-state index in [1.54, 1.807) is 6.92 Å². The second kappa shape index (κ2) is 7.07. The molecule has 0 radical (unpaired) electrons. The van der Waals surface area contributed by atoms with Crippen LogP contribution in [0.5, 0.6) is 0 Å². The van der Waals surface area contributed by atoms with Crippen molar-refractivity contribution in [2.75, 3.05) is 5.75 Å². The van der Waals surface area contributed by atoms with E-state index < -0.39 is 0 Å². The molecule has 2 heteroatoms. The quantitative estimate of drug-likeness (QED) is 0.713. The number of allylic oxidation sites excluding steroid dienone is 1. The van der Waals surface area contributed by atoms with Crippen molar-refractivity contribution in [1.29, 1.82) is 0 Å². The zero-order valence-corrected chi connectivity index (χ0v) is 10.3. The monoisotopic (exact) mass is 232 g/mol. The Morgan fingerprint density at radius 1 is 1.31 bits per heavy atom. The third-order valence-corrected chi connectivity index (χ3v) is 2.92. The minimum absolute atomic E-state index is 0.184. The number of hydrogen-bond donors (Lipinski definition) is 0. The summed E-state index contributed by atoms with van der Waals surface area (Å²) in [5, 5.41) is 0.184. The molecule has 0 aromatic heterocycles. The first-order valence-corrected chi connectivity index (χ1v) is 6.23. The normalized spacial score (nSPS) is 10.6. The summed E-state index contributed by atoms with van der Waals surface area (Å²) < 4.78 is 0. The third-order valence-electron chi connectivity index (χ3n) is 2.07. The predicted molar refractivity (Wildman–Crippen MR) is 73.3 cm³/mol. The summed E-state index contributed by atoms with van der Waals surface area (Å²) in [5.41, 5.74) is 2.31. The highest BCUT2D eigenvalue weighted by Crippen LogP contribution is 2.09. The summed E-state index contributed by atoms with van der Waals surface area (Å²) in [7, 11) is 0. The van der Waals surface area contributed by atoms with Crippen LogP contribution in [0.25, 0.3) is 12.2 Å². The van der Waals surface area contributed by atoms with E-state index in [2.05, 4.69) is 30.9 Å². The molecular formula is C14H16OS. The molecule has 0 aliphatic carbocycles. The highest BCUT2D eigenvalue weighted by molar-refractivity contribution is 8.13. The van der Waals surface area contributed by atoms with Crippen molar-refractivity contribution in [2.24, 2.45) is 0 Å². The van der Waals surface area contributed by atoms with Crippen LogP contribution in [0.1, 0.15) is 24.5 Å². The molecule has 84 valence electrons. The molecule has 16 heavy (non-hydrogen) atoms. The molecule has 1 aromatic carbocycles. The first-order valence-electron chi connectivity index (χ1n) is 5.25. The van der Waals surface area contributed by atoms with Crippen LogP contribution in [0.15, 0.2) is 36.9 Å². The van der Waals surface area contributed by atoms with Gasteiger partial charge in [0.05, 0.1) is 0 Å².